The molecule has 3 aromatic rings. The summed E-state index contributed by atoms with van der Waals surface area (Å²) in [5, 5.41) is 8.97. The van der Waals surface area contributed by atoms with E-state index in [0.29, 0.717) is 25.5 Å². The minimum Gasteiger partial charge on any atom is -0.351 e. The predicted molar refractivity (Wildman–Crippen MR) is 112 cm³/mol. The number of hydrogen-bond donors (Lipinski definition) is 2. The lowest BCUT2D eigenvalue weighted by Crippen LogP contribution is -2.44. The van der Waals surface area contributed by atoms with Crippen LogP contribution in [-0.2, 0) is 11.3 Å². The van der Waals surface area contributed by atoms with Crippen molar-refractivity contribution in [2.24, 2.45) is 4.99 Å². The van der Waals surface area contributed by atoms with E-state index in [2.05, 4.69) is 32.7 Å². The van der Waals surface area contributed by atoms with Crippen LogP contribution in [0, 0.1) is 0 Å². The number of aromatic nitrogens is 1. The van der Waals surface area contributed by atoms with Crippen LogP contribution in [0.3, 0.4) is 0 Å². The Morgan fingerprint density at radius 1 is 1.14 bits per heavy atom. The van der Waals surface area contributed by atoms with E-state index in [1.807, 2.05) is 59.6 Å². The second kappa shape index (κ2) is 8.08. The fourth-order valence-corrected chi connectivity index (χ4v) is 3.54. The second-order valence-corrected chi connectivity index (χ2v) is 6.79. The van der Waals surface area contributed by atoms with Crippen LogP contribution in [0.1, 0.15) is 12.1 Å². The first kappa shape index (κ1) is 18.0. The summed E-state index contributed by atoms with van der Waals surface area (Å²) in [6.07, 6.45) is 2.27. The molecule has 6 heteroatoms. The Bertz CT molecular complexity index is 997. The van der Waals surface area contributed by atoms with E-state index in [0.717, 1.165) is 22.2 Å². The van der Waals surface area contributed by atoms with Gasteiger partial charge in [-0.3, -0.25) is 14.8 Å². The molecule has 1 unspecified atom stereocenters. The Labute approximate surface area is 164 Å². The van der Waals surface area contributed by atoms with E-state index in [-0.39, 0.29) is 11.9 Å². The topological polar surface area (TPSA) is 69.6 Å². The molecule has 2 aromatic carbocycles. The molecule has 1 aliphatic rings. The summed E-state index contributed by atoms with van der Waals surface area (Å²) in [7, 11) is 1.73. The van der Waals surface area contributed by atoms with Gasteiger partial charge < -0.3 is 15.5 Å². The molecule has 0 saturated carbocycles. The minimum atomic E-state index is 0.0133. The van der Waals surface area contributed by atoms with E-state index in [4.69, 9.17) is 0 Å². The summed E-state index contributed by atoms with van der Waals surface area (Å²) in [6, 6.07) is 20.0. The van der Waals surface area contributed by atoms with Gasteiger partial charge in [0.1, 0.15) is 0 Å². The normalized spacial score (nSPS) is 17.2. The van der Waals surface area contributed by atoms with Crippen molar-refractivity contribution >= 4 is 28.3 Å². The zero-order valence-corrected chi connectivity index (χ0v) is 15.8. The summed E-state index contributed by atoms with van der Waals surface area (Å²) < 4.78 is 0. The van der Waals surface area contributed by atoms with Crippen LogP contribution in [0.25, 0.3) is 10.8 Å². The number of aliphatic imine (C=N–C) groups is 1. The monoisotopic (exact) mass is 373 g/mol. The number of benzene rings is 2. The summed E-state index contributed by atoms with van der Waals surface area (Å²) in [5.41, 5.74) is 1.90. The predicted octanol–water partition coefficient (Wildman–Crippen LogP) is 2.71. The van der Waals surface area contributed by atoms with Crippen molar-refractivity contribution < 1.29 is 4.79 Å². The van der Waals surface area contributed by atoms with Gasteiger partial charge in [0.2, 0.25) is 5.91 Å². The van der Waals surface area contributed by atoms with Crippen LogP contribution in [0.15, 0.2) is 71.9 Å². The fourth-order valence-electron chi connectivity index (χ4n) is 3.54. The van der Waals surface area contributed by atoms with E-state index >= 15 is 0 Å². The molecule has 1 amide bonds. The lowest BCUT2D eigenvalue weighted by Gasteiger charge is -2.19. The molecular weight excluding hydrogens is 350 g/mol. The first-order valence-electron chi connectivity index (χ1n) is 9.40. The molecule has 6 nitrogen and oxygen atoms in total. The number of amides is 1. The Balaban J connectivity index is 1.40. The van der Waals surface area contributed by atoms with Crippen LogP contribution in [-0.4, -0.2) is 36.5 Å². The van der Waals surface area contributed by atoms with Gasteiger partial charge in [0.15, 0.2) is 5.96 Å². The van der Waals surface area contributed by atoms with Gasteiger partial charge in [-0.1, -0.05) is 42.5 Å². The lowest BCUT2D eigenvalue weighted by molar-refractivity contribution is -0.117. The second-order valence-electron chi connectivity index (χ2n) is 6.79. The number of fused-ring (bicyclic) bond motifs is 1. The molecule has 1 aliphatic heterocycles. The summed E-state index contributed by atoms with van der Waals surface area (Å²) >= 11 is 0. The highest BCUT2D eigenvalue weighted by Crippen LogP contribution is 2.21. The highest BCUT2D eigenvalue weighted by Gasteiger charge is 2.31. The number of rotatable bonds is 4. The van der Waals surface area contributed by atoms with Crippen molar-refractivity contribution in [3.8, 4) is 0 Å². The van der Waals surface area contributed by atoms with E-state index in [1.165, 1.54) is 0 Å². The maximum absolute atomic E-state index is 12.4. The van der Waals surface area contributed by atoms with Crippen molar-refractivity contribution in [2.75, 3.05) is 18.5 Å². The number of nitrogens with one attached hydrogen (secondary N) is 2. The number of guanidine groups is 1. The third-order valence-electron chi connectivity index (χ3n) is 4.94. The molecule has 1 aromatic heterocycles. The van der Waals surface area contributed by atoms with Crippen LogP contribution < -0.4 is 15.5 Å². The summed E-state index contributed by atoms with van der Waals surface area (Å²) in [6.45, 7) is 1.18. The van der Waals surface area contributed by atoms with Crippen molar-refractivity contribution in [1.82, 2.24) is 15.6 Å². The zero-order valence-electron chi connectivity index (χ0n) is 15.8. The molecule has 142 valence electrons. The number of pyridine rings is 1. The number of carbonyl (C=O) groups excluding carboxylic acids is 1. The number of anilines is 1. The van der Waals surface area contributed by atoms with Gasteiger partial charge in [-0.2, -0.15) is 0 Å². The van der Waals surface area contributed by atoms with Gasteiger partial charge in [0.25, 0.3) is 0 Å². The van der Waals surface area contributed by atoms with Gasteiger partial charge >= 0.3 is 0 Å². The average Bonchev–Trinajstić information content (AvgIpc) is 3.11. The Hall–Kier alpha value is -3.41. The van der Waals surface area contributed by atoms with E-state index < -0.39 is 0 Å². The van der Waals surface area contributed by atoms with Gasteiger partial charge in [-0.15, -0.1) is 0 Å². The average molecular weight is 373 g/mol. The summed E-state index contributed by atoms with van der Waals surface area (Å²) in [5.74, 6) is 0.789. The van der Waals surface area contributed by atoms with E-state index in [1.54, 1.807) is 7.05 Å². The molecule has 1 atom stereocenters. The summed E-state index contributed by atoms with van der Waals surface area (Å²) in [4.78, 5) is 23.0. The maximum Gasteiger partial charge on any atom is 0.229 e. The van der Waals surface area contributed by atoms with Crippen molar-refractivity contribution in [1.29, 1.82) is 0 Å². The van der Waals surface area contributed by atoms with Crippen LogP contribution in [0.4, 0.5) is 5.69 Å². The SMILES string of the molecule is CN=C(NCc1nccc2ccccc12)NC1CC(=O)N(c2ccccc2)C1. The molecule has 1 fully saturated rings. The van der Waals surface area contributed by atoms with Crippen LogP contribution >= 0.6 is 0 Å². The molecule has 4 rings (SSSR count). The van der Waals surface area contributed by atoms with Gasteiger partial charge in [-0.05, 0) is 23.6 Å². The molecule has 1 saturated heterocycles. The highest BCUT2D eigenvalue weighted by molar-refractivity contribution is 5.97. The molecule has 2 N–H and O–H groups in total. The molecule has 0 radical (unpaired) electrons. The smallest absolute Gasteiger partial charge is 0.229 e. The van der Waals surface area contributed by atoms with Crippen LogP contribution in [0.2, 0.25) is 0 Å². The maximum atomic E-state index is 12.4. The van der Waals surface area contributed by atoms with Crippen molar-refractivity contribution in [3.63, 3.8) is 0 Å². The standard InChI is InChI=1S/C22H23N5O/c1-23-22(25-14-20-19-10-6-5-7-16(19)11-12-24-20)26-17-13-21(28)27(15-17)18-8-3-2-4-9-18/h2-12,17H,13-15H2,1H3,(H2,23,25,26). The van der Waals surface area contributed by atoms with Gasteiger partial charge in [0.05, 0.1) is 18.3 Å². The Morgan fingerprint density at radius 2 is 1.93 bits per heavy atom. The molecule has 2 heterocycles. The third-order valence-corrected chi connectivity index (χ3v) is 4.94. The Kier molecular flexibility index (Phi) is 5.19. The highest BCUT2D eigenvalue weighted by atomic mass is 16.2. The number of hydrogen-bond acceptors (Lipinski definition) is 3. The number of nitrogens with zero attached hydrogens (tertiary/aromatic N) is 3. The number of carbonyl (C=O) groups is 1. The molecule has 0 bridgehead atoms. The van der Waals surface area contributed by atoms with E-state index in [9.17, 15) is 4.79 Å². The largest absolute Gasteiger partial charge is 0.351 e. The first-order chi connectivity index (χ1) is 13.7. The quantitative estimate of drug-likeness (QED) is 0.545. The van der Waals surface area contributed by atoms with Gasteiger partial charge in [-0.25, -0.2) is 0 Å². The Morgan fingerprint density at radius 3 is 2.75 bits per heavy atom. The number of para-hydroxylation sites is 1. The van der Waals surface area contributed by atoms with Gasteiger partial charge in [0, 0.05) is 37.3 Å². The first-order valence-corrected chi connectivity index (χ1v) is 9.40. The molecule has 28 heavy (non-hydrogen) atoms. The van der Waals surface area contributed by atoms with Crippen LogP contribution in [0.5, 0.6) is 0 Å². The molecule has 0 aliphatic carbocycles. The van der Waals surface area contributed by atoms with Crippen molar-refractivity contribution in [2.45, 2.75) is 19.0 Å². The third kappa shape index (κ3) is 3.81. The molecule has 0 spiro atoms. The zero-order chi connectivity index (χ0) is 19.3. The fraction of sp³-hybridized carbons (Fsp3) is 0.227. The lowest BCUT2D eigenvalue weighted by atomic mass is 10.1. The molecular formula is C22H23N5O. The van der Waals surface area contributed by atoms with Crippen molar-refractivity contribution in [3.05, 3.63) is 72.6 Å². The minimum absolute atomic E-state index is 0.0133.